The van der Waals surface area contributed by atoms with Gasteiger partial charge in [0.05, 0.1) is 16.3 Å². The van der Waals surface area contributed by atoms with E-state index in [-0.39, 0.29) is 5.69 Å². The van der Waals surface area contributed by atoms with E-state index in [1.807, 2.05) is 0 Å². The Bertz CT molecular complexity index is 1260. The summed E-state index contributed by atoms with van der Waals surface area (Å²) in [5.74, 6) is -1.31. The molecule has 2 heterocycles. The van der Waals surface area contributed by atoms with Crippen molar-refractivity contribution >= 4 is 40.8 Å². The van der Waals surface area contributed by atoms with E-state index in [9.17, 15) is 24.5 Å². The first-order chi connectivity index (χ1) is 15.7. The van der Waals surface area contributed by atoms with Crippen molar-refractivity contribution in [2.45, 2.75) is 12.5 Å². The third-order valence-electron chi connectivity index (χ3n) is 5.13. The number of imide groups is 1. The van der Waals surface area contributed by atoms with Gasteiger partial charge in [-0.25, -0.2) is 14.5 Å². The van der Waals surface area contributed by atoms with Crippen molar-refractivity contribution in [1.82, 2.24) is 25.0 Å². The van der Waals surface area contributed by atoms with Crippen molar-refractivity contribution in [3.05, 3.63) is 75.8 Å². The molecule has 3 aromatic rings. The molecule has 1 unspecified atom stereocenters. The zero-order chi connectivity index (χ0) is 23.8. The van der Waals surface area contributed by atoms with Gasteiger partial charge < -0.3 is 10.6 Å². The van der Waals surface area contributed by atoms with Gasteiger partial charge in [0, 0.05) is 17.2 Å². The number of non-ortho nitro benzene ring substituents is 1. The largest absolute Gasteiger partial charge is 0.325 e. The fraction of sp³-hybridized carbons (Fsp3) is 0.150. The second-order valence-corrected chi connectivity index (χ2v) is 7.74. The quantitative estimate of drug-likeness (QED) is 0.319. The normalized spacial score (nSPS) is 17.7. The number of hydrogen-bond acceptors (Lipinski definition) is 7. The van der Waals surface area contributed by atoms with Gasteiger partial charge in [0.25, 0.3) is 11.6 Å². The lowest BCUT2D eigenvalue weighted by atomic mass is 9.92. The Morgan fingerprint density at radius 1 is 1.24 bits per heavy atom. The van der Waals surface area contributed by atoms with Crippen LogP contribution in [0.5, 0.6) is 0 Å². The van der Waals surface area contributed by atoms with Gasteiger partial charge in [-0.2, -0.15) is 5.10 Å². The molecule has 33 heavy (non-hydrogen) atoms. The Hall–Kier alpha value is -4.32. The molecule has 2 aromatic carbocycles. The highest BCUT2D eigenvalue weighted by Gasteiger charge is 2.49. The number of nitrogens with zero attached hydrogens (tertiary/aromatic N) is 5. The number of anilines is 1. The fourth-order valence-electron chi connectivity index (χ4n) is 3.43. The van der Waals surface area contributed by atoms with Crippen molar-refractivity contribution in [2.24, 2.45) is 0 Å². The topological polar surface area (TPSA) is 152 Å². The number of carbonyl (C=O) groups excluding carboxylic acids is 3. The summed E-state index contributed by atoms with van der Waals surface area (Å²) >= 11 is 6.05. The van der Waals surface area contributed by atoms with Crippen LogP contribution in [0.15, 0.2) is 55.1 Å². The average molecular weight is 470 g/mol. The lowest BCUT2D eigenvalue weighted by Crippen LogP contribution is -2.42. The molecule has 0 radical (unpaired) electrons. The molecule has 0 saturated carbocycles. The Morgan fingerprint density at radius 2 is 1.97 bits per heavy atom. The van der Waals surface area contributed by atoms with Crippen LogP contribution in [0.4, 0.5) is 16.2 Å². The molecule has 1 aliphatic rings. The van der Waals surface area contributed by atoms with Crippen molar-refractivity contribution in [1.29, 1.82) is 0 Å². The van der Waals surface area contributed by atoms with Crippen LogP contribution in [0, 0.1) is 10.1 Å². The smallest absolute Gasteiger partial charge is 0.323 e. The molecule has 4 rings (SSSR count). The molecule has 168 valence electrons. The number of hydrogen-bond donors (Lipinski definition) is 2. The maximum atomic E-state index is 13.0. The molecular formula is C20H16ClN7O5. The third-order valence-corrected chi connectivity index (χ3v) is 5.37. The number of aromatic nitrogens is 3. The maximum Gasteiger partial charge on any atom is 0.325 e. The predicted octanol–water partition coefficient (Wildman–Crippen LogP) is 2.23. The van der Waals surface area contributed by atoms with E-state index in [4.69, 9.17) is 11.6 Å². The number of halogens is 1. The van der Waals surface area contributed by atoms with Crippen LogP contribution < -0.4 is 10.6 Å². The molecule has 1 aliphatic heterocycles. The number of amides is 4. The number of carbonyl (C=O) groups is 3. The second kappa shape index (κ2) is 8.31. The summed E-state index contributed by atoms with van der Waals surface area (Å²) in [5, 5.41) is 20.4. The highest BCUT2D eigenvalue weighted by Crippen LogP contribution is 2.30. The van der Waals surface area contributed by atoms with Crippen molar-refractivity contribution < 1.29 is 19.3 Å². The summed E-state index contributed by atoms with van der Waals surface area (Å²) in [5.41, 5.74) is -0.492. The molecule has 4 amide bonds. The molecule has 1 aromatic heterocycles. The zero-order valence-electron chi connectivity index (χ0n) is 17.1. The first-order valence-corrected chi connectivity index (χ1v) is 9.90. The number of urea groups is 1. The monoisotopic (exact) mass is 469 g/mol. The number of rotatable bonds is 6. The highest BCUT2D eigenvalue weighted by molar-refractivity contribution is 6.31. The van der Waals surface area contributed by atoms with Crippen LogP contribution in [-0.2, 0) is 15.1 Å². The number of nitro groups is 1. The van der Waals surface area contributed by atoms with Crippen LogP contribution in [0.3, 0.4) is 0 Å². The van der Waals surface area contributed by atoms with Gasteiger partial charge >= 0.3 is 6.03 Å². The van der Waals surface area contributed by atoms with E-state index in [1.54, 1.807) is 12.1 Å². The summed E-state index contributed by atoms with van der Waals surface area (Å²) < 4.78 is 1.42. The summed E-state index contributed by atoms with van der Waals surface area (Å²) in [6.45, 7) is 0.905. The number of nitro benzene ring substituents is 1. The third kappa shape index (κ3) is 4.11. The molecule has 1 saturated heterocycles. The first kappa shape index (κ1) is 21.9. The maximum absolute atomic E-state index is 13.0. The SMILES string of the molecule is CC1(c2ccc([N+](=O)[O-])cc2)NC(=O)N(CC(=O)Nc2cc(Cl)ccc2-n2cncn2)C1=O. The van der Waals surface area contributed by atoms with Gasteiger partial charge in [0.1, 0.15) is 24.7 Å². The van der Waals surface area contributed by atoms with E-state index >= 15 is 0 Å². The van der Waals surface area contributed by atoms with Crippen LogP contribution >= 0.6 is 11.6 Å². The Morgan fingerprint density at radius 3 is 2.61 bits per heavy atom. The van der Waals surface area contributed by atoms with Gasteiger partial charge in [-0.3, -0.25) is 24.6 Å². The van der Waals surface area contributed by atoms with Gasteiger partial charge in [-0.05, 0) is 42.8 Å². The number of nitrogens with one attached hydrogen (secondary N) is 2. The first-order valence-electron chi connectivity index (χ1n) is 9.52. The van der Waals surface area contributed by atoms with E-state index in [2.05, 4.69) is 20.7 Å². The minimum Gasteiger partial charge on any atom is -0.323 e. The molecule has 1 atom stereocenters. The molecular weight excluding hydrogens is 454 g/mol. The molecule has 2 N–H and O–H groups in total. The van der Waals surface area contributed by atoms with Gasteiger partial charge in [-0.15, -0.1) is 0 Å². The molecule has 0 spiro atoms. The Labute approximate surface area is 191 Å². The van der Waals surface area contributed by atoms with Crippen molar-refractivity contribution in [3.8, 4) is 5.69 Å². The predicted molar refractivity (Wildman–Crippen MR) is 116 cm³/mol. The Kier molecular flexibility index (Phi) is 5.52. The van der Waals surface area contributed by atoms with Crippen LogP contribution in [-0.4, -0.2) is 49.0 Å². The molecule has 1 fully saturated rings. The van der Waals surface area contributed by atoms with Crippen LogP contribution in [0.2, 0.25) is 5.02 Å². The second-order valence-electron chi connectivity index (χ2n) is 7.30. The summed E-state index contributed by atoms with van der Waals surface area (Å²) in [4.78, 5) is 53.2. The highest BCUT2D eigenvalue weighted by atomic mass is 35.5. The molecule has 13 heteroatoms. The Balaban J connectivity index is 1.52. The van der Waals surface area contributed by atoms with E-state index < -0.39 is 34.9 Å². The minimum atomic E-state index is -1.48. The lowest BCUT2D eigenvalue weighted by molar-refractivity contribution is -0.384. The minimum absolute atomic E-state index is 0.153. The zero-order valence-corrected chi connectivity index (χ0v) is 17.8. The lowest BCUT2D eigenvalue weighted by Gasteiger charge is -2.22. The molecule has 0 bridgehead atoms. The van der Waals surface area contributed by atoms with Gasteiger partial charge in [0.2, 0.25) is 5.91 Å². The number of benzene rings is 2. The van der Waals surface area contributed by atoms with E-state index in [0.717, 1.165) is 4.90 Å². The summed E-state index contributed by atoms with van der Waals surface area (Å²) in [6, 6.07) is 9.22. The summed E-state index contributed by atoms with van der Waals surface area (Å²) in [7, 11) is 0. The van der Waals surface area contributed by atoms with Crippen LogP contribution in [0.1, 0.15) is 12.5 Å². The fourth-order valence-corrected chi connectivity index (χ4v) is 3.60. The van der Waals surface area contributed by atoms with Crippen LogP contribution in [0.25, 0.3) is 5.69 Å². The van der Waals surface area contributed by atoms with E-state index in [0.29, 0.717) is 22.0 Å². The van der Waals surface area contributed by atoms with Gasteiger partial charge in [0.15, 0.2) is 0 Å². The van der Waals surface area contributed by atoms with Gasteiger partial charge in [-0.1, -0.05) is 11.6 Å². The standard InChI is InChI=1S/C20H16ClN7O5/c1-20(12-2-5-14(6-3-12)28(32)33)18(30)26(19(31)25-20)9-17(29)24-15-8-13(21)4-7-16(15)27-11-22-10-23-27/h2-8,10-11H,9H2,1H3,(H,24,29)(H,25,31). The van der Waals surface area contributed by atoms with Crippen molar-refractivity contribution in [2.75, 3.05) is 11.9 Å². The molecule has 12 nitrogen and oxygen atoms in total. The summed E-state index contributed by atoms with van der Waals surface area (Å²) in [6.07, 6.45) is 2.76. The average Bonchev–Trinajstić information content (AvgIpc) is 3.38. The van der Waals surface area contributed by atoms with E-state index in [1.165, 1.54) is 54.6 Å². The van der Waals surface area contributed by atoms with Crippen molar-refractivity contribution in [3.63, 3.8) is 0 Å². The molecule has 0 aliphatic carbocycles.